The summed E-state index contributed by atoms with van der Waals surface area (Å²) in [6.45, 7) is 3.26. The minimum Gasteiger partial charge on any atom is -0.465 e. The molecule has 0 aliphatic heterocycles. The Bertz CT molecular complexity index is 327. The molecule has 2 N–H and O–H groups in total. The van der Waals surface area contributed by atoms with Crippen LogP contribution in [0.2, 0.25) is 0 Å². The van der Waals surface area contributed by atoms with Crippen LogP contribution < -0.4 is 5.32 Å². The van der Waals surface area contributed by atoms with Crippen molar-refractivity contribution in [1.82, 2.24) is 10.2 Å². The summed E-state index contributed by atoms with van der Waals surface area (Å²) < 4.78 is 0. The summed E-state index contributed by atoms with van der Waals surface area (Å²) in [6, 6.07) is 10.3. The number of nitrogens with zero attached hydrogens (tertiary/aromatic N) is 1. The van der Waals surface area contributed by atoms with Gasteiger partial charge >= 0.3 is 6.09 Å². The van der Waals surface area contributed by atoms with Gasteiger partial charge in [-0.05, 0) is 19.5 Å². The molecule has 1 rings (SSSR count). The Hall–Kier alpha value is -1.55. The lowest BCUT2D eigenvalue weighted by Gasteiger charge is -2.24. The number of carboxylic acid groups (broad SMARTS) is 1. The van der Waals surface area contributed by atoms with Crippen LogP contribution in [-0.4, -0.2) is 35.7 Å². The number of rotatable bonds is 5. The van der Waals surface area contributed by atoms with Crippen molar-refractivity contribution in [3.8, 4) is 0 Å². The van der Waals surface area contributed by atoms with E-state index in [4.69, 9.17) is 5.11 Å². The topological polar surface area (TPSA) is 52.6 Å². The molecular weight excluding hydrogens is 204 g/mol. The van der Waals surface area contributed by atoms with Crippen LogP contribution >= 0.6 is 0 Å². The van der Waals surface area contributed by atoms with Gasteiger partial charge in [-0.25, -0.2) is 4.79 Å². The molecule has 0 aromatic heterocycles. The Kier molecular flexibility index (Phi) is 4.79. The molecule has 0 bridgehead atoms. The van der Waals surface area contributed by atoms with Gasteiger partial charge in [-0.2, -0.15) is 0 Å². The van der Waals surface area contributed by atoms with E-state index in [1.165, 1.54) is 5.56 Å². The molecule has 1 aromatic carbocycles. The third kappa shape index (κ3) is 4.31. The van der Waals surface area contributed by atoms with E-state index in [2.05, 4.69) is 22.3 Å². The molecule has 1 amide bonds. The van der Waals surface area contributed by atoms with Crippen LogP contribution in [0.4, 0.5) is 4.79 Å². The van der Waals surface area contributed by atoms with Crippen molar-refractivity contribution in [3.63, 3.8) is 0 Å². The standard InChI is InChI=1S/C12H18N2O2/c1-10(8-13-12(15)16)14(2)9-11-6-4-3-5-7-11/h3-7,10,13H,8-9H2,1-2H3,(H,15,16)/t10-/m0/s1. The van der Waals surface area contributed by atoms with Crippen molar-refractivity contribution in [2.24, 2.45) is 0 Å². The zero-order chi connectivity index (χ0) is 12.0. The molecule has 1 atom stereocenters. The maximum absolute atomic E-state index is 10.4. The second kappa shape index (κ2) is 6.12. The summed E-state index contributed by atoms with van der Waals surface area (Å²) in [6.07, 6.45) is -0.972. The Morgan fingerprint density at radius 3 is 2.62 bits per heavy atom. The first-order chi connectivity index (χ1) is 7.59. The third-order valence-electron chi connectivity index (χ3n) is 2.58. The van der Waals surface area contributed by atoms with Crippen molar-refractivity contribution < 1.29 is 9.90 Å². The van der Waals surface area contributed by atoms with Crippen LogP contribution in [0.3, 0.4) is 0 Å². The van der Waals surface area contributed by atoms with Gasteiger partial charge < -0.3 is 10.4 Å². The van der Waals surface area contributed by atoms with Gasteiger partial charge in [-0.1, -0.05) is 30.3 Å². The van der Waals surface area contributed by atoms with Crippen molar-refractivity contribution in [2.45, 2.75) is 19.5 Å². The lowest BCUT2D eigenvalue weighted by molar-refractivity contribution is 0.185. The summed E-state index contributed by atoms with van der Waals surface area (Å²) in [5, 5.41) is 10.9. The molecule has 0 fully saturated rings. The number of nitrogens with one attached hydrogen (secondary N) is 1. The van der Waals surface area contributed by atoms with E-state index in [9.17, 15) is 4.79 Å². The monoisotopic (exact) mass is 222 g/mol. The predicted octanol–water partition coefficient (Wildman–Crippen LogP) is 1.77. The Balaban J connectivity index is 2.39. The van der Waals surface area contributed by atoms with Crippen LogP contribution in [0.15, 0.2) is 30.3 Å². The van der Waals surface area contributed by atoms with Crippen molar-refractivity contribution in [3.05, 3.63) is 35.9 Å². The number of likely N-dealkylation sites (N-methyl/N-ethyl adjacent to an activating group) is 1. The molecule has 16 heavy (non-hydrogen) atoms. The molecule has 0 aliphatic rings. The maximum Gasteiger partial charge on any atom is 0.404 e. The second-order valence-electron chi connectivity index (χ2n) is 3.94. The molecule has 0 radical (unpaired) electrons. The molecule has 0 heterocycles. The highest BCUT2D eigenvalue weighted by atomic mass is 16.4. The van der Waals surface area contributed by atoms with Crippen LogP contribution in [0.5, 0.6) is 0 Å². The number of hydrogen-bond donors (Lipinski definition) is 2. The largest absolute Gasteiger partial charge is 0.465 e. The van der Waals surface area contributed by atoms with E-state index < -0.39 is 6.09 Å². The number of carbonyl (C=O) groups is 1. The average molecular weight is 222 g/mol. The Morgan fingerprint density at radius 2 is 2.06 bits per heavy atom. The molecule has 0 saturated heterocycles. The van der Waals surface area contributed by atoms with Crippen LogP contribution in [0.1, 0.15) is 12.5 Å². The molecule has 0 spiro atoms. The Morgan fingerprint density at radius 1 is 1.44 bits per heavy atom. The van der Waals surface area contributed by atoms with Crippen molar-refractivity contribution in [1.29, 1.82) is 0 Å². The minimum atomic E-state index is -0.972. The van der Waals surface area contributed by atoms with E-state index in [1.54, 1.807) is 0 Å². The summed E-state index contributed by atoms with van der Waals surface area (Å²) in [5.74, 6) is 0. The smallest absolute Gasteiger partial charge is 0.404 e. The fraction of sp³-hybridized carbons (Fsp3) is 0.417. The van der Waals surface area contributed by atoms with E-state index in [0.29, 0.717) is 6.54 Å². The van der Waals surface area contributed by atoms with Gasteiger partial charge in [-0.15, -0.1) is 0 Å². The highest BCUT2D eigenvalue weighted by Gasteiger charge is 2.10. The SMILES string of the molecule is C[C@@H](CNC(=O)O)N(C)Cc1ccccc1. The van der Waals surface area contributed by atoms with Crippen molar-refractivity contribution >= 4 is 6.09 Å². The van der Waals surface area contributed by atoms with E-state index in [0.717, 1.165) is 6.54 Å². The van der Waals surface area contributed by atoms with Crippen molar-refractivity contribution in [2.75, 3.05) is 13.6 Å². The van der Waals surface area contributed by atoms with Crippen LogP contribution in [-0.2, 0) is 6.54 Å². The molecule has 0 aliphatic carbocycles. The zero-order valence-corrected chi connectivity index (χ0v) is 9.68. The average Bonchev–Trinajstić information content (AvgIpc) is 2.27. The van der Waals surface area contributed by atoms with E-state index in [-0.39, 0.29) is 6.04 Å². The minimum absolute atomic E-state index is 0.177. The predicted molar refractivity (Wildman–Crippen MR) is 63.4 cm³/mol. The van der Waals surface area contributed by atoms with Gasteiger partial charge in [0.05, 0.1) is 0 Å². The molecule has 1 aromatic rings. The van der Waals surface area contributed by atoms with Crippen LogP contribution in [0, 0.1) is 0 Å². The fourth-order valence-electron chi connectivity index (χ4n) is 1.42. The first-order valence-corrected chi connectivity index (χ1v) is 5.30. The van der Waals surface area contributed by atoms with Crippen LogP contribution in [0.25, 0.3) is 0 Å². The Labute approximate surface area is 95.9 Å². The second-order valence-corrected chi connectivity index (χ2v) is 3.94. The lowest BCUT2D eigenvalue weighted by atomic mass is 10.2. The molecular formula is C12H18N2O2. The fourth-order valence-corrected chi connectivity index (χ4v) is 1.42. The molecule has 4 heteroatoms. The molecule has 0 saturated carbocycles. The molecule has 88 valence electrons. The molecule has 4 nitrogen and oxygen atoms in total. The summed E-state index contributed by atoms with van der Waals surface area (Å²) in [7, 11) is 1.99. The van der Waals surface area contributed by atoms with Gasteiger partial charge in [-0.3, -0.25) is 4.90 Å². The number of hydrogen-bond acceptors (Lipinski definition) is 2. The summed E-state index contributed by atoms with van der Waals surface area (Å²) in [4.78, 5) is 12.5. The van der Waals surface area contributed by atoms with E-state index in [1.807, 2.05) is 32.2 Å². The first kappa shape index (κ1) is 12.5. The van der Waals surface area contributed by atoms with E-state index >= 15 is 0 Å². The highest BCUT2D eigenvalue weighted by molar-refractivity contribution is 5.64. The summed E-state index contributed by atoms with van der Waals surface area (Å²) in [5.41, 5.74) is 1.23. The maximum atomic E-state index is 10.4. The van der Waals surface area contributed by atoms with Gasteiger partial charge in [0.15, 0.2) is 0 Å². The highest BCUT2D eigenvalue weighted by Crippen LogP contribution is 2.05. The molecule has 0 unspecified atom stereocenters. The zero-order valence-electron chi connectivity index (χ0n) is 9.68. The third-order valence-corrected chi connectivity index (χ3v) is 2.58. The first-order valence-electron chi connectivity index (χ1n) is 5.30. The van der Waals surface area contributed by atoms with Gasteiger partial charge in [0.2, 0.25) is 0 Å². The van der Waals surface area contributed by atoms with Gasteiger partial charge in [0.25, 0.3) is 0 Å². The number of amides is 1. The van der Waals surface area contributed by atoms with Gasteiger partial charge in [0, 0.05) is 19.1 Å². The normalized spacial score (nSPS) is 12.4. The lowest BCUT2D eigenvalue weighted by Crippen LogP contribution is -2.39. The quantitative estimate of drug-likeness (QED) is 0.798. The van der Waals surface area contributed by atoms with Gasteiger partial charge in [0.1, 0.15) is 0 Å². The number of benzene rings is 1. The summed E-state index contributed by atoms with van der Waals surface area (Å²) >= 11 is 0.